The molecule has 1 atom stereocenters. The van der Waals surface area contributed by atoms with Gasteiger partial charge in [-0.25, -0.2) is 0 Å². The van der Waals surface area contributed by atoms with Crippen LogP contribution in [-0.4, -0.2) is 61.5 Å². The summed E-state index contributed by atoms with van der Waals surface area (Å²) in [6.45, 7) is 1.37. The van der Waals surface area contributed by atoms with Gasteiger partial charge in [0.05, 0.1) is 33.3 Å². The first-order valence-corrected chi connectivity index (χ1v) is 9.95. The number of hydrogen-bond acceptors (Lipinski definition) is 7. The Morgan fingerprint density at radius 1 is 1.17 bits per heavy atom. The van der Waals surface area contributed by atoms with E-state index in [9.17, 15) is 4.79 Å². The highest BCUT2D eigenvalue weighted by molar-refractivity contribution is 5.76. The maximum absolute atomic E-state index is 12.7. The average Bonchev–Trinajstić information content (AvgIpc) is 3.20. The zero-order chi connectivity index (χ0) is 20.6. The zero-order valence-corrected chi connectivity index (χ0v) is 17.3. The van der Waals surface area contributed by atoms with Crippen molar-refractivity contribution in [3.8, 4) is 11.5 Å². The molecule has 8 heteroatoms. The number of likely N-dealkylation sites (tertiary alicyclic amines) is 1. The van der Waals surface area contributed by atoms with Crippen molar-refractivity contribution in [3.63, 3.8) is 0 Å². The maximum Gasteiger partial charge on any atom is 0.223 e. The molecule has 8 nitrogen and oxygen atoms in total. The highest BCUT2D eigenvalue weighted by Crippen LogP contribution is 2.26. The number of piperidine rings is 1. The van der Waals surface area contributed by atoms with Crippen molar-refractivity contribution in [2.45, 2.75) is 44.6 Å². The molecule has 29 heavy (non-hydrogen) atoms. The van der Waals surface area contributed by atoms with Gasteiger partial charge < -0.3 is 23.5 Å². The second kappa shape index (κ2) is 10.2. The van der Waals surface area contributed by atoms with Crippen molar-refractivity contribution in [1.82, 2.24) is 15.1 Å². The van der Waals surface area contributed by atoms with Crippen molar-refractivity contribution < 1.29 is 23.4 Å². The Morgan fingerprint density at radius 3 is 2.76 bits per heavy atom. The van der Waals surface area contributed by atoms with Crippen molar-refractivity contribution >= 4 is 5.91 Å². The molecule has 1 aromatic carbocycles. The number of nitrogens with zero attached hydrogens (tertiary/aromatic N) is 3. The molecule has 0 radical (unpaired) electrons. The second-order valence-electron chi connectivity index (χ2n) is 7.14. The van der Waals surface area contributed by atoms with Crippen LogP contribution in [0.25, 0.3) is 0 Å². The molecule has 0 spiro atoms. The number of rotatable bonds is 9. The zero-order valence-electron chi connectivity index (χ0n) is 17.3. The van der Waals surface area contributed by atoms with E-state index in [-0.39, 0.29) is 11.9 Å². The van der Waals surface area contributed by atoms with Gasteiger partial charge in [-0.2, -0.15) is 0 Å². The molecular formula is C21H29N3O5. The van der Waals surface area contributed by atoms with Crippen LogP contribution in [0.15, 0.2) is 22.6 Å². The maximum atomic E-state index is 12.7. The summed E-state index contributed by atoms with van der Waals surface area (Å²) in [6.07, 6.45) is 4.38. The summed E-state index contributed by atoms with van der Waals surface area (Å²) in [6, 6.07) is 5.74. The molecule has 2 aromatic rings. The fourth-order valence-electron chi connectivity index (χ4n) is 3.70. The Morgan fingerprint density at radius 2 is 2.00 bits per heavy atom. The fraction of sp³-hybridized carbons (Fsp3) is 0.571. The lowest BCUT2D eigenvalue weighted by Gasteiger charge is -2.35. The number of methoxy groups -OCH3 is 3. The van der Waals surface area contributed by atoms with E-state index in [1.165, 1.54) is 0 Å². The topological polar surface area (TPSA) is 86.9 Å². The largest absolute Gasteiger partial charge is 0.497 e. The predicted octanol–water partition coefficient (Wildman–Crippen LogP) is 2.64. The van der Waals surface area contributed by atoms with Crippen LogP contribution in [0.1, 0.15) is 43.0 Å². The number of hydrogen-bond donors (Lipinski definition) is 0. The number of benzene rings is 1. The number of aromatic nitrogens is 2. The summed E-state index contributed by atoms with van der Waals surface area (Å²) in [5, 5.41) is 8.22. The van der Waals surface area contributed by atoms with E-state index in [4.69, 9.17) is 18.6 Å². The first-order valence-electron chi connectivity index (χ1n) is 9.95. The molecule has 3 rings (SSSR count). The SMILES string of the molecule is COC[C@@H]1CCCCN1C(=O)CCc1nnc(Cc2cc(OC)ccc2OC)o1. The van der Waals surface area contributed by atoms with Gasteiger partial charge in [0, 0.05) is 32.1 Å². The smallest absolute Gasteiger partial charge is 0.223 e. The van der Waals surface area contributed by atoms with Gasteiger partial charge in [0.1, 0.15) is 11.5 Å². The molecule has 0 N–H and O–H groups in total. The highest BCUT2D eigenvalue weighted by Gasteiger charge is 2.26. The van der Waals surface area contributed by atoms with Gasteiger partial charge in [0.15, 0.2) is 0 Å². The molecule has 1 saturated heterocycles. The normalized spacial score (nSPS) is 16.7. The van der Waals surface area contributed by atoms with Crippen molar-refractivity contribution in [2.75, 3.05) is 34.5 Å². The molecule has 1 aromatic heterocycles. The van der Waals surface area contributed by atoms with Crippen molar-refractivity contribution in [2.24, 2.45) is 0 Å². The Hall–Kier alpha value is -2.61. The molecule has 1 aliphatic heterocycles. The van der Waals surface area contributed by atoms with Gasteiger partial charge in [0.25, 0.3) is 0 Å². The summed E-state index contributed by atoms with van der Waals surface area (Å²) < 4.78 is 21.7. The lowest BCUT2D eigenvalue weighted by molar-refractivity contribution is -0.136. The first kappa shape index (κ1) is 21.1. The molecule has 0 saturated carbocycles. The minimum atomic E-state index is 0.112. The van der Waals surface area contributed by atoms with Gasteiger partial charge in [-0.05, 0) is 37.5 Å². The summed E-state index contributed by atoms with van der Waals surface area (Å²) in [5.74, 6) is 2.53. The van der Waals surface area contributed by atoms with Crippen LogP contribution in [0.2, 0.25) is 0 Å². The van der Waals surface area contributed by atoms with Crippen LogP contribution in [0, 0.1) is 0 Å². The summed E-state index contributed by atoms with van der Waals surface area (Å²) >= 11 is 0. The minimum absolute atomic E-state index is 0.112. The Bertz CT molecular complexity index is 805. The molecule has 1 fully saturated rings. The quantitative estimate of drug-likeness (QED) is 0.636. The molecule has 0 aliphatic carbocycles. The van der Waals surface area contributed by atoms with E-state index in [1.54, 1.807) is 21.3 Å². The monoisotopic (exact) mass is 403 g/mol. The van der Waals surface area contributed by atoms with E-state index >= 15 is 0 Å². The number of aryl methyl sites for hydroxylation is 1. The Kier molecular flexibility index (Phi) is 7.46. The third-order valence-corrected chi connectivity index (χ3v) is 5.20. The minimum Gasteiger partial charge on any atom is -0.497 e. The van der Waals surface area contributed by atoms with E-state index in [2.05, 4.69) is 10.2 Å². The van der Waals surface area contributed by atoms with Crippen molar-refractivity contribution in [1.29, 1.82) is 0 Å². The van der Waals surface area contributed by atoms with Gasteiger partial charge in [-0.15, -0.1) is 10.2 Å². The van der Waals surface area contributed by atoms with Crippen molar-refractivity contribution in [3.05, 3.63) is 35.5 Å². The van der Waals surface area contributed by atoms with Gasteiger partial charge in [-0.1, -0.05) is 0 Å². The standard InChI is InChI=1S/C21H29N3O5/c1-26-14-16-6-4-5-11-24(16)21(25)10-9-19-22-23-20(29-19)13-15-12-17(27-2)7-8-18(15)28-3/h7-8,12,16H,4-6,9-11,13-14H2,1-3H3/t16-/m0/s1. The number of ether oxygens (including phenoxy) is 3. The molecule has 1 amide bonds. The Balaban J connectivity index is 1.58. The van der Waals surface area contributed by atoms with Gasteiger partial charge in [0.2, 0.25) is 17.7 Å². The predicted molar refractivity (Wildman–Crippen MR) is 106 cm³/mol. The molecular weight excluding hydrogens is 374 g/mol. The summed E-state index contributed by atoms with van der Waals surface area (Å²) in [4.78, 5) is 14.6. The average molecular weight is 403 g/mol. The number of amides is 1. The number of carbonyl (C=O) groups is 1. The fourth-order valence-corrected chi connectivity index (χ4v) is 3.70. The lowest BCUT2D eigenvalue weighted by Crippen LogP contribution is -2.46. The van der Waals surface area contributed by atoms with Crippen LogP contribution in [0.5, 0.6) is 11.5 Å². The third-order valence-electron chi connectivity index (χ3n) is 5.20. The third kappa shape index (κ3) is 5.47. The molecule has 1 aliphatic rings. The van der Waals surface area contributed by atoms with Crippen LogP contribution in [0.4, 0.5) is 0 Å². The molecule has 0 unspecified atom stereocenters. The van der Waals surface area contributed by atoms with Crippen LogP contribution in [-0.2, 0) is 22.4 Å². The van der Waals surface area contributed by atoms with E-state index in [0.29, 0.717) is 37.7 Å². The van der Waals surface area contributed by atoms with Crippen LogP contribution < -0.4 is 9.47 Å². The highest BCUT2D eigenvalue weighted by atomic mass is 16.5. The van der Waals surface area contributed by atoms with Gasteiger partial charge in [-0.3, -0.25) is 4.79 Å². The van der Waals surface area contributed by atoms with Crippen LogP contribution >= 0.6 is 0 Å². The first-order chi connectivity index (χ1) is 14.1. The van der Waals surface area contributed by atoms with Crippen LogP contribution in [0.3, 0.4) is 0 Å². The summed E-state index contributed by atoms with van der Waals surface area (Å²) in [5.41, 5.74) is 0.897. The van der Waals surface area contributed by atoms with E-state index in [0.717, 1.165) is 42.9 Å². The molecule has 0 bridgehead atoms. The molecule has 2 heterocycles. The van der Waals surface area contributed by atoms with E-state index < -0.39 is 0 Å². The number of carbonyl (C=O) groups excluding carboxylic acids is 1. The molecule has 158 valence electrons. The second-order valence-corrected chi connectivity index (χ2v) is 7.14. The summed E-state index contributed by atoms with van der Waals surface area (Å²) in [7, 11) is 4.91. The Labute approximate surface area is 171 Å². The van der Waals surface area contributed by atoms with Gasteiger partial charge >= 0.3 is 0 Å². The lowest BCUT2D eigenvalue weighted by atomic mass is 10.0. The van der Waals surface area contributed by atoms with E-state index in [1.807, 2.05) is 23.1 Å².